The van der Waals surface area contributed by atoms with Crippen molar-refractivity contribution in [2.75, 3.05) is 39.5 Å². The molecule has 3 aromatic carbocycles. The number of rotatable bonds is 28. The van der Waals surface area contributed by atoms with Crippen LogP contribution < -0.4 is 31.7 Å². The number of ether oxygens (including phenoxy) is 1. The highest BCUT2D eigenvalue weighted by Gasteiger charge is 2.47. The highest BCUT2D eigenvalue weighted by Crippen LogP contribution is 2.51. The molecule has 0 aliphatic carbocycles. The fourth-order valence-corrected chi connectivity index (χ4v) is 14.6. The summed E-state index contributed by atoms with van der Waals surface area (Å²) >= 11 is 1.55. The van der Waals surface area contributed by atoms with Gasteiger partial charge in [-0.1, -0.05) is 51.1 Å². The summed E-state index contributed by atoms with van der Waals surface area (Å²) in [5, 5.41) is 34.4. The lowest BCUT2D eigenvalue weighted by atomic mass is 9.85. The number of H-pyrrole nitrogens is 1. The summed E-state index contributed by atoms with van der Waals surface area (Å²) in [7, 11) is -4.16. The number of aromatic amines is 1. The van der Waals surface area contributed by atoms with Crippen LogP contribution in [0, 0.1) is 25.1 Å². The van der Waals surface area contributed by atoms with Crippen LogP contribution >= 0.6 is 18.9 Å². The van der Waals surface area contributed by atoms with Gasteiger partial charge in [0.25, 0.3) is 11.4 Å². The molecule has 2 aromatic heterocycles. The molecule has 0 radical (unpaired) electrons. The summed E-state index contributed by atoms with van der Waals surface area (Å²) in [6.45, 7) is 15.2. The van der Waals surface area contributed by atoms with Crippen molar-refractivity contribution >= 4 is 76.7 Å². The maximum absolute atomic E-state index is 16.4. The Labute approximate surface area is 545 Å². The molecular weight excluding hydrogens is 1240 g/mol. The summed E-state index contributed by atoms with van der Waals surface area (Å²) in [6, 6.07) is 10.9. The van der Waals surface area contributed by atoms with Gasteiger partial charge in [-0.15, -0.1) is 11.3 Å². The van der Waals surface area contributed by atoms with Crippen molar-refractivity contribution in [1.82, 2.24) is 45.9 Å². The highest BCUT2D eigenvalue weighted by molar-refractivity contribution is 7.72. The summed E-state index contributed by atoms with van der Waals surface area (Å²) in [4.78, 5) is 122. The van der Waals surface area contributed by atoms with Crippen molar-refractivity contribution in [3.63, 3.8) is 0 Å². The largest absolute Gasteiger partial charge is 0.488 e. The summed E-state index contributed by atoms with van der Waals surface area (Å²) in [5.41, 5.74) is 10.1. The number of primary amides is 1. The molecule has 5 aromatic rings. The van der Waals surface area contributed by atoms with Gasteiger partial charge in [-0.25, -0.2) is 9.37 Å². The van der Waals surface area contributed by atoms with Crippen LogP contribution in [0.3, 0.4) is 0 Å². The van der Waals surface area contributed by atoms with Gasteiger partial charge in [-0.3, -0.25) is 48.2 Å². The van der Waals surface area contributed by atoms with Gasteiger partial charge < -0.3 is 65.4 Å². The number of aliphatic hydroxyl groups is 2. The average Bonchev–Trinajstić information content (AvgIpc) is 1.70. The van der Waals surface area contributed by atoms with E-state index in [4.69, 9.17) is 19.5 Å². The van der Waals surface area contributed by atoms with Crippen molar-refractivity contribution in [1.29, 1.82) is 0 Å². The van der Waals surface area contributed by atoms with E-state index in [1.165, 1.54) is 52.0 Å². The molecule has 3 fully saturated rings. The van der Waals surface area contributed by atoms with Gasteiger partial charge in [-0.2, -0.15) is 0 Å². The Bertz CT molecular complexity index is 3590. The zero-order valence-electron chi connectivity index (χ0n) is 54.3. The number of unbranched alkanes of at least 4 members (excludes halogenated alkanes) is 1. The Kier molecular flexibility index (Phi) is 23.9. The van der Waals surface area contributed by atoms with Gasteiger partial charge >= 0.3 is 7.60 Å². The molecule has 9 N–H and O–H groups in total. The van der Waals surface area contributed by atoms with Crippen LogP contribution in [0.15, 0.2) is 66.2 Å². The number of hydrogen-bond donors (Lipinski definition) is 8. The van der Waals surface area contributed by atoms with Gasteiger partial charge in [0, 0.05) is 61.9 Å². The van der Waals surface area contributed by atoms with Crippen LogP contribution in [-0.4, -0.2) is 170 Å². The number of carbonyl (C=O) groups excluding carboxylic acids is 8. The van der Waals surface area contributed by atoms with E-state index in [9.17, 15) is 53.1 Å². The van der Waals surface area contributed by atoms with Gasteiger partial charge in [0.2, 0.25) is 35.4 Å². The lowest BCUT2D eigenvalue weighted by Crippen LogP contribution is -2.61. The molecule has 9 atom stereocenters. The van der Waals surface area contributed by atoms with Crippen molar-refractivity contribution in [2.24, 2.45) is 11.1 Å². The van der Waals surface area contributed by atoms with E-state index in [2.05, 4.69) is 31.2 Å². The van der Waals surface area contributed by atoms with E-state index in [0.29, 0.717) is 47.7 Å². The SMILES string of the molecule is CCOP(=O)(OCC)C(=O)c1ccc2[nH]c(C(=O)N[C@H]3CN(C(C)=O)CC[C@H]4CC[C@@H](C(=O)N[C@@H](CCC(N)=O)COc5cc(C)cc(CCCCC(O)N[C@H](C(=O)N6C[C@H](O)C[C@H]6C(=O)N[C@@H](C)c6ccc(-c7scnc7C)cc6)C(C)(C)C)c5F)N4C3=O)cc2c1. The molecule has 24 nitrogen and oxygen atoms in total. The van der Waals surface area contributed by atoms with Crippen LogP contribution in [-0.2, 0) is 48.8 Å². The number of nitrogens with two attached hydrogens (primary N) is 1. The topological polar surface area (TPSA) is 334 Å². The van der Waals surface area contributed by atoms with Crippen molar-refractivity contribution in [3.05, 3.63) is 106 Å². The lowest BCUT2D eigenvalue weighted by Gasteiger charge is -2.38. The fourth-order valence-electron chi connectivity index (χ4n) is 12.4. The lowest BCUT2D eigenvalue weighted by molar-refractivity contribution is -0.145. The van der Waals surface area contributed by atoms with Gasteiger partial charge in [-0.05, 0) is 144 Å². The number of halogens is 1. The number of aromatic nitrogens is 2. The number of aryl methyl sites for hydroxylation is 3. The molecule has 0 spiro atoms. The minimum atomic E-state index is -4.16. The first kappa shape index (κ1) is 71.4. The number of β-amino-alcohol motifs (C(OH)–C–C–N with tert-alkyl or cyclic N) is 1. The monoisotopic (exact) mass is 1330 g/mol. The number of nitrogens with one attached hydrogen (secondary N) is 5. The van der Waals surface area contributed by atoms with E-state index >= 15 is 4.39 Å². The molecule has 0 bridgehead atoms. The molecule has 5 heterocycles. The molecule has 27 heteroatoms. The molecule has 8 rings (SSSR count). The third-order valence-corrected chi connectivity index (χ3v) is 20.2. The molecule has 0 saturated carbocycles. The molecule has 3 saturated heterocycles. The maximum Gasteiger partial charge on any atom is 0.401 e. The molecule has 3 aliphatic heterocycles. The molecule has 504 valence electrons. The van der Waals surface area contributed by atoms with Gasteiger partial charge in [0.1, 0.15) is 36.7 Å². The number of likely N-dealkylation sites (tertiary alicyclic amines) is 1. The molecule has 3 aliphatic rings. The zero-order chi connectivity index (χ0) is 67.6. The van der Waals surface area contributed by atoms with Crippen LogP contribution in [0.25, 0.3) is 21.3 Å². The maximum atomic E-state index is 16.4. The number of nitrogens with zero attached hydrogens (tertiary/aromatic N) is 4. The number of thiazole rings is 1. The second-order valence-electron chi connectivity index (χ2n) is 25.4. The predicted octanol–water partition coefficient (Wildman–Crippen LogP) is 6.87. The average molecular weight is 1330 g/mol. The Morgan fingerprint density at radius 3 is 2.28 bits per heavy atom. The Morgan fingerprint density at radius 2 is 1.62 bits per heavy atom. The predicted molar refractivity (Wildman–Crippen MR) is 347 cm³/mol. The van der Waals surface area contributed by atoms with E-state index in [1.807, 2.05) is 58.9 Å². The van der Waals surface area contributed by atoms with Gasteiger partial charge in [0.15, 0.2) is 11.6 Å². The van der Waals surface area contributed by atoms with Crippen molar-refractivity contribution in [3.8, 4) is 16.2 Å². The summed E-state index contributed by atoms with van der Waals surface area (Å²) < 4.78 is 46.3. The summed E-state index contributed by atoms with van der Waals surface area (Å²) in [5.74, 6) is -4.48. The van der Waals surface area contributed by atoms with Gasteiger partial charge in [0.05, 0.1) is 53.5 Å². The first-order valence-electron chi connectivity index (χ1n) is 31.8. The van der Waals surface area contributed by atoms with E-state index in [0.717, 1.165) is 21.7 Å². The highest BCUT2D eigenvalue weighted by atomic mass is 32.1. The first-order valence-corrected chi connectivity index (χ1v) is 34.2. The van der Waals surface area contributed by atoms with Crippen molar-refractivity contribution in [2.45, 2.75) is 181 Å². The molecule has 1 unspecified atom stereocenters. The number of aliphatic hydroxyl groups excluding tert-OH is 2. The Balaban J connectivity index is 0.868. The second-order valence-corrected chi connectivity index (χ2v) is 28.2. The molecular formula is C66H88FN10O14PS. The second kappa shape index (κ2) is 31.2. The van der Waals surface area contributed by atoms with E-state index in [1.54, 1.807) is 43.7 Å². The standard InChI is InChI=1S/C66H88FN10O14PS/c1-10-90-92(88,91-11-2)65(87)44-20-23-49-45(30-44)31-50(72-49)60(82)73-51-34-75(40(6)78)27-26-47-22-24-52(77(47)63(51)85)61(83)71-46(21-25-55(68)80)35-89-54-29-37(3)28-43(57(54)67)14-12-13-15-56(81)74-59(66(7,8)9)64(86)76-33-48(79)32-53(76)62(84)70-38(4)41-16-18-42(19-17-41)58-39(5)69-36-93-58/h16-20,23,28-31,36,38,46-48,51-53,56,59,72,74,79,81H,10-15,21-22,24-27,32-35H2,1-9H3,(H2,68,80)(H,70,84)(H,71,83)(H,73,82)/t38-,46-,47+,48+,51-,52-,53-,56?,59+/m0/s1. The van der Waals surface area contributed by atoms with E-state index < -0.39 is 114 Å². The molecule has 7 amide bonds. The normalized spacial score (nSPS) is 19.9. The number of hydrogen-bond acceptors (Lipinski definition) is 17. The third kappa shape index (κ3) is 17.7. The van der Waals surface area contributed by atoms with Crippen LogP contribution in [0.4, 0.5) is 4.39 Å². The van der Waals surface area contributed by atoms with Crippen LogP contribution in [0.5, 0.6) is 5.75 Å². The first-order chi connectivity index (χ1) is 44.1. The summed E-state index contributed by atoms with van der Waals surface area (Å²) in [6.07, 6.45) is 0.0436. The van der Waals surface area contributed by atoms with E-state index in [-0.39, 0.29) is 101 Å². The third-order valence-electron chi connectivity index (χ3n) is 17.3. The minimum Gasteiger partial charge on any atom is -0.488 e. The van der Waals surface area contributed by atoms with Crippen LogP contribution in [0.1, 0.15) is 156 Å². The number of fused-ring (bicyclic) bond motifs is 2. The Hall–Kier alpha value is -7.45. The smallest absolute Gasteiger partial charge is 0.401 e. The number of benzene rings is 3. The van der Waals surface area contributed by atoms with Crippen molar-refractivity contribution < 1.29 is 71.3 Å². The number of carbonyl (C=O) groups is 8. The number of amides is 7. The quantitative estimate of drug-likeness (QED) is 0.0144. The minimum absolute atomic E-state index is 0.00822. The van der Waals surface area contributed by atoms with Crippen LogP contribution in [0.2, 0.25) is 0 Å². The Morgan fingerprint density at radius 1 is 0.914 bits per heavy atom. The zero-order valence-corrected chi connectivity index (χ0v) is 56.0. The molecule has 93 heavy (non-hydrogen) atoms. The fraction of sp³-hybridized carbons (Fsp3) is 0.530.